The molecule has 30 heavy (non-hydrogen) atoms. The molecule has 1 heterocycles. The molecule has 0 radical (unpaired) electrons. The lowest BCUT2D eigenvalue weighted by atomic mass is 10.2. The van der Waals surface area contributed by atoms with Crippen LogP contribution in [0.3, 0.4) is 0 Å². The van der Waals surface area contributed by atoms with Gasteiger partial charge in [-0.2, -0.15) is 0 Å². The van der Waals surface area contributed by atoms with Crippen LogP contribution in [0, 0.1) is 0 Å². The molecule has 158 valence electrons. The SMILES string of the molecule is CN(Cc1ccc(N(C)C)cc1)C(=O)CSc1n[nH]c(COc2ccc(Cl)cc2)n1. The molecular weight excluding hydrogens is 422 g/mol. The smallest absolute Gasteiger partial charge is 0.233 e. The summed E-state index contributed by atoms with van der Waals surface area (Å²) in [6, 6.07) is 15.3. The number of anilines is 1. The number of nitrogens with zero attached hydrogens (tertiary/aromatic N) is 4. The van der Waals surface area contributed by atoms with Gasteiger partial charge in [0.25, 0.3) is 0 Å². The summed E-state index contributed by atoms with van der Waals surface area (Å²) in [5, 5.41) is 8.14. The largest absolute Gasteiger partial charge is 0.486 e. The number of rotatable bonds is 9. The van der Waals surface area contributed by atoms with Crippen molar-refractivity contribution in [1.29, 1.82) is 0 Å². The molecular formula is C21H24ClN5O2S. The van der Waals surface area contributed by atoms with E-state index in [4.69, 9.17) is 16.3 Å². The Bertz CT molecular complexity index is 960. The number of halogens is 1. The van der Waals surface area contributed by atoms with Crippen LogP contribution in [0.5, 0.6) is 5.75 Å². The number of H-pyrrole nitrogens is 1. The molecule has 0 aliphatic heterocycles. The van der Waals surface area contributed by atoms with Crippen molar-refractivity contribution in [3.05, 3.63) is 64.9 Å². The molecule has 0 aliphatic rings. The first-order valence-electron chi connectivity index (χ1n) is 9.33. The zero-order valence-corrected chi connectivity index (χ0v) is 18.7. The van der Waals surface area contributed by atoms with Crippen LogP contribution in [-0.4, -0.2) is 52.9 Å². The molecule has 0 unspecified atom stereocenters. The van der Waals surface area contributed by atoms with Gasteiger partial charge < -0.3 is 14.5 Å². The number of thioether (sulfide) groups is 1. The number of amides is 1. The van der Waals surface area contributed by atoms with E-state index in [1.807, 2.05) is 43.3 Å². The molecule has 1 amide bonds. The third-order valence-electron chi connectivity index (χ3n) is 4.32. The second-order valence-electron chi connectivity index (χ2n) is 6.91. The van der Waals surface area contributed by atoms with E-state index in [0.717, 1.165) is 11.3 Å². The lowest BCUT2D eigenvalue weighted by Crippen LogP contribution is -2.27. The van der Waals surface area contributed by atoms with Crippen LogP contribution < -0.4 is 9.64 Å². The van der Waals surface area contributed by atoms with Crippen LogP contribution in [0.25, 0.3) is 0 Å². The van der Waals surface area contributed by atoms with E-state index >= 15 is 0 Å². The Balaban J connectivity index is 1.44. The molecule has 3 rings (SSSR count). The van der Waals surface area contributed by atoms with Gasteiger partial charge in [-0.3, -0.25) is 9.89 Å². The van der Waals surface area contributed by atoms with Gasteiger partial charge in [0.1, 0.15) is 12.4 Å². The highest BCUT2D eigenvalue weighted by molar-refractivity contribution is 7.99. The molecule has 7 nitrogen and oxygen atoms in total. The van der Waals surface area contributed by atoms with Gasteiger partial charge in [0.15, 0.2) is 5.82 Å². The Hall–Kier alpha value is -2.71. The highest BCUT2D eigenvalue weighted by Gasteiger charge is 2.13. The van der Waals surface area contributed by atoms with E-state index in [-0.39, 0.29) is 18.3 Å². The summed E-state index contributed by atoms with van der Waals surface area (Å²) in [6.45, 7) is 0.813. The van der Waals surface area contributed by atoms with Crippen molar-refractivity contribution in [2.45, 2.75) is 18.3 Å². The van der Waals surface area contributed by atoms with Crippen LogP contribution >= 0.6 is 23.4 Å². The molecule has 0 spiro atoms. The van der Waals surface area contributed by atoms with E-state index in [9.17, 15) is 4.79 Å². The Morgan fingerprint density at radius 3 is 2.47 bits per heavy atom. The minimum absolute atomic E-state index is 0.0143. The Morgan fingerprint density at radius 2 is 1.80 bits per heavy atom. The molecule has 0 saturated carbocycles. The third kappa shape index (κ3) is 6.40. The normalized spacial score (nSPS) is 10.7. The average molecular weight is 446 g/mol. The topological polar surface area (TPSA) is 74.3 Å². The Morgan fingerprint density at radius 1 is 1.10 bits per heavy atom. The van der Waals surface area contributed by atoms with Crippen molar-refractivity contribution >= 4 is 35.0 Å². The van der Waals surface area contributed by atoms with Gasteiger partial charge in [-0.15, -0.1) is 5.10 Å². The third-order valence-corrected chi connectivity index (χ3v) is 5.41. The van der Waals surface area contributed by atoms with Gasteiger partial charge in [-0.25, -0.2) is 4.98 Å². The van der Waals surface area contributed by atoms with Crippen molar-refractivity contribution in [2.75, 3.05) is 31.8 Å². The summed E-state index contributed by atoms with van der Waals surface area (Å²) in [6.07, 6.45) is 0. The molecule has 0 saturated heterocycles. The molecule has 1 N–H and O–H groups in total. The number of benzene rings is 2. The number of ether oxygens (including phenoxy) is 1. The molecule has 1 aromatic heterocycles. The maximum absolute atomic E-state index is 12.4. The first-order chi connectivity index (χ1) is 14.4. The van der Waals surface area contributed by atoms with Crippen molar-refractivity contribution < 1.29 is 9.53 Å². The Labute approximate surface area is 185 Å². The minimum Gasteiger partial charge on any atom is -0.486 e. The number of hydrogen-bond donors (Lipinski definition) is 1. The van der Waals surface area contributed by atoms with Crippen molar-refractivity contribution in [3.8, 4) is 5.75 Å². The fourth-order valence-electron chi connectivity index (χ4n) is 2.59. The summed E-state index contributed by atoms with van der Waals surface area (Å²) in [4.78, 5) is 20.5. The second-order valence-corrected chi connectivity index (χ2v) is 8.29. The van der Waals surface area contributed by atoms with Crippen LogP contribution in [0.2, 0.25) is 5.02 Å². The zero-order valence-electron chi connectivity index (χ0n) is 17.1. The van der Waals surface area contributed by atoms with Gasteiger partial charge in [0, 0.05) is 38.4 Å². The zero-order chi connectivity index (χ0) is 21.5. The van der Waals surface area contributed by atoms with Gasteiger partial charge in [-0.1, -0.05) is 35.5 Å². The maximum atomic E-state index is 12.4. The van der Waals surface area contributed by atoms with Crippen LogP contribution in [0.1, 0.15) is 11.4 Å². The van der Waals surface area contributed by atoms with E-state index in [1.54, 1.807) is 36.2 Å². The number of nitrogens with one attached hydrogen (secondary N) is 1. The van der Waals surface area contributed by atoms with E-state index in [0.29, 0.717) is 28.3 Å². The lowest BCUT2D eigenvalue weighted by molar-refractivity contribution is -0.127. The number of carbonyl (C=O) groups excluding carboxylic acids is 1. The fraction of sp³-hybridized carbons (Fsp3) is 0.286. The number of carbonyl (C=O) groups is 1. The van der Waals surface area contributed by atoms with Crippen molar-refractivity contribution in [2.24, 2.45) is 0 Å². The molecule has 9 heteroatoms. The standard InChI is InChI=1S/C21H24ClN5O2S/c1-26(2)17-8-4-15(5-9-17)12-27(3)20(28)14-30-21-23-19(24-25-21)13-29-18-10-6-16(22)7-11-18/h4-11H,12-14H2,1-3H3,(H,23,24,25). The van der Waals surface area contributed by atoms with E-state index < -0.39 is 0 Å². The summed E-state index contributed by atoms with van der Waals surface area (Å²) < 4.78 is 5.63. The quantitative estimate of drug-likeness (QED) is 0.504. The predicted molar refractivity (Wildman–Crippen MR) is 120 cm³/mol. The van der Waals surface area contributed by atoms with E-state index in [2.05, 4.69) is 15.2 Å². The van der Waals surface area contributed by atoms with Crippen molar-refractivity contribution in [1.82, 2.24) is 20.1 Å². The van der Waals surface area contributed by atoms with Crippen LogP contribution in [0.4, 0.5) is 5.69 Å². The molecule has 0 fully saturated rings. The fourth-order valence-corrected chi connectivity index (χ4v) is 3.47. The summed E-state index contributed by atoms with van der Waals surface area (Å²) in [5.41, 5.74) is 2.21. The predicted octanol–water partition coefficient (Wildman–Crippen LogP) is 3.85. The highest BCUT2D eigenvalue weighted by atomic mass is 35.5. The molecule has 0 aliphatic carbocycles. The second kappa shape index (κ2) is 10.4. The molecule has 3 aromatic rings. The average Bonchev–Trinajstić information content (AvgIpc) is 3.20. The lowest BCUT2D eigenvalue weighted by Gasteiger charge is -2.18. The molecule has 2 aromatic carbocycles. The van der Waals surface area contributed by atoms with Gasteiger partial charge >= 0.3 is 0 Å². The van der Waals surface area contributed by atoms with Crippen molar-refractivity contribution in [3.63, 3.8) is 0 Å². The van der Waals surface area contributed by atoms with Crippen LogP contribution in [-0.2, 0) is 17.9 Å². The molecule has 0 atom stereocenters. The van der Waals surface area contributed by atoms with Gasteiger partial charge in [-0.05, 0) is 42.0 Å². The number of aromatic amines is 1. The summed E-state index contributed by atoms with van der Waals surface area (Å²) in [5.74, 6) is 1.57. The van der Waals surface area contributed by atoms with Gasteiger partial charge in [0.2, 0.25) is 11.1 Å². The number of aromatic nitrogens is 3. The van der Waals surface area contributed by atoms with Crippen LogP contribution in [0.15, 0.2) is 53.7 Å². The maximum Gasteiger partial charge on any atom is 0.233 e. The number of hydrogen-bond acceptors (Lipinski definition) is 6. The summed E-state index contributed by atoms with van der Waals surface area (Å²) in [7, 11) is 5.80. The van der Waals surface area contributed by atoms with E-state index in [1.165, 1.54) is 11.8 Å². The highest BCUT2D eigenvalue weighted by Crippen LogP contribution is 2.18. The first-order valence-corrected chi connectivity index (χ1v) is 10.7. The summed E-state index contributed by atoms with van der Waals surface area (Å²) >= 11 is 7.15. The minimum atomic E-state index is 0.0143. The molecule has 0 bridgehead atoms. The first kappa shape index (κ1) is 22.0. The Kier molecular flexibility index (Phi) is 7.59. The van der Waals surface area contributed by atoms with Gasteiger partial charge in [0.05, 0.1) is 5.75 Å². The monoisotopic (exact) mass is 445 g/mol.